The van der Waals surface area contributed by atoms with Crippen LogP contribution in [0.3, 0.4) is 0 Å². The third-order valence-corrected chi connectivity index (χ3v) is 5.59. The quantitative estimate of drug-likeness (QED) is 0.634. The monoisotopic (exact) mass is 425 g/mol. The first kappa shape index (κ1) is 20.0. The molecule has 1 aromatic heterocycles. The van der Waals surface area contributed by atoms with E-state index in [9.17, 15) is 14.0 Å². The number of carbonyl (C=O) groups is 2. The molecule has 2 amide bonds. The zero-order valence-corrected chi connectivity index (χ0v) is 16.9. The van der Waals surface area contributed by atoms with Gasteiger partial charge in [-0.3, -0.25) is 9.59 Å². The Labute approximate surface area is 176 Å². The Balaban J connectivity index is 1.31. The van der Waals surface area contributed by atoms with Crippen LogP contribution in [0, 0.1) is 5.82 Å². The standard InChI is InChI=1S/C21H20FN5O2S/c22-17-7-3-14(4-8-17)11-19-25-26-21(30-19)24-12-15-1-5-16(6-2-15)20(29)27-10-9-23-18(28)13-27/h1-8H,9-13H2,(H,23,28)(H,24,26). The maximum Gasteiger partial charge on any atom is 0.254 e. The van der Waals surface area contributed by atoms with Gasteiger partial charge in [-0.25, -0.2) is 4.39 Å². The van der Waals surface area contributed by atoms with Crippen molar-refractivity contribution in [3.8, 4) is 0 Å². The number of halogens is 1. The van der Waals surface area contributed by atoms with Gasteiger partial charge in [0.15, 0.2) is 0 Å². The van der Waals surface area contributed by atoms with E-state index in [1.54, 1.807) is 29.2 Å². The number of aromatic nitrogens is 2. The van der Waals surface area contributed by atoms with Gasteiger partial charge in [-0.05, 0) is 35.4 Å². The summed E-state index contributed by atoms with van der Waals surface area (Å²) in [6.45, 7) is 1.65. The molecule has 7 nitrogen and oxygen atoms in total. The van der Waals surface area contributed by atoms with Crippen LogP contribution in [0.15, 0.2) is 48.5 Å². The van der Waals surface area contributed by atoms with Crippen LogP contribution in [-0.2, 0) is 17.8 Å². The van der Waals surface area contributed by atoms with Crippen molar-refractivity contribution in [2.24, 2.45) is 0 Å². The fourth-order valence-electron chi connectivity index (χ4n) is 3.11. The number of benzene rings is 2. The predicted molar refractivity (Wildman–Crippen MR) is 112 cm³/mol. The molecule has 0 radical (unpaired) electrons. The first-order valence-corrected chi connectivity index (χ1v) is 10.3. The van der Waals surface area contributed by atoms with E-state index >= 15 is 0 Å². The second-order valence-corrected chi connectivity index (χ2v) is 7.99. The van der Waals surface area contributed by atoms with Crippen LogP contribution in [-0.4, -0.2) is 46.5 Å². The number of amides is 2. The average molecular weight is 425 g/mol. The lowest BCUT2D eigenvalue weighted by molar-refractivity contribution is -0.123. The predicted octanol–water partition coefficient (Wildman–Crippen LogP) is 2.45. The molecule has 0 aliphatic carbocycles. The molecular weight excluding hydrogens is 405 g/mol. The Morgan fingerprint density at radius 3 is 2.57 bits per heavy atom. The van der Waals surface area contributed by atoms with Crippen molar-refractivity contribution in [2.75, 3.05) is 25.0 Å². The zero-order chi connectivity index (χ0) is 20.9. The maximum atomic E-state index is 13.0. The number of nitrogens with zero attached hydrogens (tertiary/aromatic N) is 3. The van der Waals surface area contributed by atoms with Crippen LogP contribution in [0.2, 0.25) is 0 Å². The van der Waals surface area contributed by atoms with E-state index in [1.807, 2.05) is 12.1 Å². The van der Waals surface area contributed by atoms with Gasteiger partial charge >= 0.3 is 0 Å². The lowest BCUT2D eigenvalue weighted by Crippen LogP contribution is -2.49. The number of piperazine rings is 1. The van der Waals surface area contributed by atoms with Crippen LogP contribution in [0.25, 0.3) is 0 Å². The lowest BCUT2D eigenvalue weighted by Gasteiger charge is -2.26. The third kappa shape index (κ3) is 4.98. The zero-order valence-electron chi connectivity index (χ0n) is 16.1. The van der Waals surface area contributed by atoms with Crippen molar-refractivity contribution < 1.29 is 14.0 Å². The highest BCUT2D eigenvalue weighted by molar-refractivity contribution is 7.15. The van der Waals surface area contributed by atoms with Crippen LogP contribution >= 0.6 is 11.3 Å². The van der Waals surface area contributed by atoms with Crippen LogP contribution in [0.4, 0.5) is 9.52 Å². The third-order valence-electron chi connectivity index (χ3n) is 4.71. The minimum atomic E-state index is -0.257. The lowest BCUT2D eigenvalue weighted by atomic mass is 10.1. The summed E-state index contributed by atoms with van der Waals surface area (Å²) in [5.74, 6) is -0.530. The first-order valence-electron chi connectivity index (χ1n) is 9.52. The van der Waals surface area contributed by atoms with Crippen molar-refractivity contribution in [3.05, 3.63) is 76.0 Å². The molecule has 0 atom stereocenters. The number of hydrogen-bond acceptors (Lipinski definition) is 6. The molecule has 0 spiro atoms. The second-order valence-electron chi connectivity index (χ2n) is 6.93. The molecule has 1 fully saturated rings. The van der Waals surface area contributed by atoms with E-state index in [1.165, 1.54) is 23.5 Å². The molecule has 9 heteroatoms. The summed E-state index contributed by atoms with van der Waals surface area (Å²) in [6.07, 6.45) is 0.602. The molecule has 4 rings (SSSR count). The van der Waals surface area contributed by atoms with Gasteiger partial charge in [-0.1, -0.05) is 35.6 Å². The van der Waals surface area contributed by atoms with Crippen molar-refractivity contribution in [2.45, 2.75) is 13.0 Å². The number of carbonyl (C=O) groups excluding carboxylic acids is 2. The van der Waals surface area contributed by atoms with Crippen molar-refractivity contribution >= 4 is 28.3 Å². The summed E-state index contributed by atoms with van der Waals surface area (Å²) in [6, 6.07) is 13.6. The summed E-state index contributed by atoms with van der Waals surface area (Å²) in [5, 5.41) is 15.8. The summed E-state index contributed by atoms with van der Waals surface area (Å²) in [4.78, 5) is 25.5. The van der Waals surface area contributed by atoms with Crippen LogP contribution in [0.5, 0.6) is 0 Å². The fourth-order valence-corrected chi connectivity index (χ4v) is 3.88. The van der Waals surface area contributed by atoms with Gasteiger partial charge in [0.2, 0.25) is 11.0 Å². The minimum absolute atomic E-state index is 0.0967. The molecule has 0 unspecified atom stereocenters. The molecule has 2 N–H and O–H groups in total. The molecular formula is C21H20FN5O2S. The Morgan fingerprint density at radius 2 is 1.83 bits per heavy atom. The Bertz CT molecular complexity index is 1040. The smallest absolute Gasteiger partial charge is 0.254 e. The van der Waals surface area contributed by atoms with E-state index in [2.05, 4.69) is 20.8 Å². The van der Waals surface area contributed by atoms with Gasteiger partial charge in [0.1, 0.15) is 10.8 Å². The first-order chi connectivity index (χ1) is 14.6. The van der Waals surface area contributed by atoms with Gasteiger partial charge in [0.05, 0.1) is 6.54 Å². The van der Waals surface area contributed by atoms with E-state index in [0.29, 0.717) is 36.8 Å². The second kappa shape index (κ2) is 9.00. The Hall–Kier alpha value is -3.33. The molecule has 0 bridgehead atoms. The van der Waals surface area contributed by atoms with Gasteiger partial charge in [-0.2, -0.15) is 0 Å². The molecule has 30 heavy (non-hydrogen) atoms. The number of rotatable bonds is 6. The maximum absolute atomic E-state index is 13.0. The van der Waals surface area contributed by atoms with Gasteiger partial charge < -0.3 is 15.5 Å². The number of anilines is 1. The summed E-state index contributed by atoms with van der Waals surface area (Å²) >= 11 is 1.45. The van der Waals surface area contributed by atoms with Gasteiger partial charge in [0.25, 0.3) is 5.91 Å². The highest BCUT2D eigenvalue weighted by atomic mass is 32.1. The van der Waals surface area contributed by atoms with Crippen LogP contribution < -0.4 is 10.6 Å². The molecule has 154 valence electrons. The fraction of sp³-hybridized carbons (Fsp3) is 0.238. The summed E-state index contributed by atoms with van der Waals surface area (Å²) in [5.41, 5.74) is 2.54. The van der Waals surface area contributed by atoms with Gasteiger partial charge in [-0.15, -0.1) is 10.2 Å². The Morgan fingerprint density at radius 1 is 1.10 bits per heavy atom. The van der Waals surface area contributed by atoms with Gasteiger partial charge in [0, 0.05) is 31.6 Å². The number of nitrogens with one attached hydrogen (secondary N) is 2. The van der Waals surface area contributed by atoms with Crippen molar-refractivity contribution in [1.29, 1.82) is 0 Å². The largest absolute Gasteiger partial charge is 0.356 e. The molecule has 1 aliphatic rings. The van der Waals surface area contributed by atoms with E-state index in [-0.39, 0.29) is 24.2 Å². The Kier molecular flexibility index (Phi) is 5.99. The highest BCUT2D eigenvalue weighted by Crippen LogP contribution is 2.20. The molecule has 0 saturated carbocycles. The average Bonchev–Trinajstić information content (AvgIpc) is 3.21. The SMILES string of the molecule is O=C1CN(C(=O)c2ccc(CNc3nnc(Cc4ccc(F)cc4)s3)cc2)CCN1. The van der Waals surface area contributed by atoms with E-state index in [0.717, 1.165) is 16.1 Å². The van der Waals surface area contributed by atoms with Crippen LogP contribution in [0.1, 0.15) is 26.5 Å². The minimum Gasteiger partial charge on any atom is -0.356 e. The highest BCUT2D eigenvalue weighted by Gasteiger charge is 2.22. The molecule has 1 aliphatic heterocycles. The summed E-state index contributed by atoms with van der Waals surface area (Å²) in [7, 11) is 0. The molecule has 1 saturated heterocycles. The van der Waals surface area contributed by atoms with Crippen molar-refractivity contribution in [1.82, 2.24) is 20.4 Å². The normalized spacial score (nSPS) is 13.8. The molecule has 2 heterocycles. The van der Waals surface area contributed by atoms with E-state index in [4.69, 9.17) is 0 Å². The topological polar surface area (TPSA) is 87.2 Å². The van der Waals surface area contributed by atoms with Crippen molar-refractivity contribution in [3.63, 3.8) is 0 Å². The molecule has 2 aromatic carbocycles. The number of hydrogen-bond donors (Lipinski definition) is 2. The molecule has 3 aromatic rings. The van der Waals surface area contributed by atoms with E-state index < -0.39 is 0 Å². The summed E-state index contributed by atoms with van der Waals surface area (Å²) < 4.78 is 13.0.